The maximum atomic E-state index is 10.2. The lowest BCUT2D eigenvalue weighted by Crippen LogP contribution is -2.44. The van der Waals surface area contributed by atoms with E-state index in [4.69, 9.17) is 0 Å². The molecule has 0 saturated carbocycles. The van der Waals surface area contributed by atoms with Crippen LogP contribution < -0.4 is 0 Å². The average molecular weight is 270 g/mol. The summed E-state index contributed by atoms with van der Waals surface area (Å²) >= 11 is 0. The Balaban J connectivity index is 4.65. The number of carbonyl (C=O) groups is 1. The van der Waals surface area contributed by atoms with Gasteiger partial charge in [0.2, 0.25) is 0 Å². The number of hydrogen-bond acceptors (Lipinski definition) is 4. The molecule has 0 aliphatic carbocycles. The van der Waals surface area contributed by atoms with Crippen LogP contribution in [0.3, 0.4) is 0 Å². The highest BCUT2D eigenvalue weighted by Crippen LogP contribution is 2.34. The normalized spacial score (nSPS) is 15.3. The minimum Gasteiger partial charge on any atom is -0.396 e. The lowest BCUT2D eigenvalue weighted by molar-refractivity contribution is -0.221. The number of aliphatic hydroxyl groups excluding tert-OH is 1. The van der Waals surface area contributed by atoms with E-state index in [-0.39, 0.29) is 24.9 Å². The Morgan fingerprint density at radius 2 is 1.89 bits per heavy atom. The highest BCUT2D eigenvalue weighted by Gasteiger charge is 2.40. The van der Waals surface area contributed by atoms with Crippen molar-refractivity contribution >= 4 is 6.29 Å². The van der Waals surface area contributed by atoms with Crippen LogP contribution in [0.1, 0.15) is 47.0 Å². The molecule has 110 valence electrons. The van der Waals surface area contributed by atoms with E-state index in [1.807, 2.05) is 13.8 Å². The smallest absolute Gasteiger partial charge is 0.192 e. The molecule has 0 saturated heterocycles. The minimum absolute atomic E-state index is 0.107. The van der Waals surface area contributed by atoms with Crippen molar-refractivity contribution in [1.29, 1.82) is 0 Å². The molecule has 4 heteroatoms. The molecule has 3 N–H and O–H groups in total. The van der Waals surface area contributed by atoms with Gasteiger partial charge in [0, 0.05) is 13.0 Å². The second-order valence-electron chi connectivity index (χ2n) is 5.70. The quantitative estimate of drug-likeness (QED) is 0.370. The zero-order valence-corrected chi connectivity index (χ0v) is 12.3. The Morgan fingerprint density at radius 3 is 2.32 bits per heavy atom. The van der Waals surface area contributed by atoms with Crippen LogP contribution in [0.5, 0.6) is 0 Å². The summed E-state index contributed by atoms with van der Waals surface area (Å²) in [5, 5.41) is 29.5. The zero-order chi connectivity index (χ0) is 15.1. The van der Waals surface area contributed by atoms with Gasteiger partial charge < -0.3 is 15.3 Å². The first-order chi connectivity index (χ1) is 8.71. The molecule has 4 nitrogen and oxygen atoms in total. The van der Waals surface area contributed by atoms with Gasteiger partial charge in [-0.05, 0) is 38.0 Å². The van der Waals surface area contributed by atoms with Gasteiger partial charge in [0.05, 0.1) is 5.41 Å². The van der Waals surface area contributed by atoms with Crippen LogP contribution >= 0.6 is 0 Å². The van der Waals surface area contributed by atoms with Crippen molar-refractivity contribution in [3.05, 3.63) is 0 Å². The fourth-order valence-corrected chi connectivity index (χ4v) is 2.00. The van der Waals surface area contributed by atoms with Crippen LogP contribution in [0.25, 0.3) is 0 Å². The van der Waals surface area contributed by atoms with Crippen molar-refractivity contribution in [2.75, 3.05) is 6.61 Å². The summed E-state index contributed by atoms with van der Waals surface area (Å²) in [6.07, 6.45) is 2.04. The molecular weight excluding hydrogens is 244 g/mol. The molecule has 0 fully saturated rings. The Morgan fingerprint density at radius 1 is 1.32 bits per heavy atom. The first-order valence-electron chi connectivity index (χ1n) is 6.73. The van der Waals surface area contributed by atoms with Gasteiger partial charge in [-0.25, -0.2) is 0 Å². The van der Waals surface area contributed by atoms with Crippen molar-refractivity contribution in [3.63, 3.8) is 0 Å². The standard InChI is InChI=1S/C15H26O4/c1-5-13(11-17)12(2)7-9-15(18,19)14(3,4)8-6-10-16/h10,12-13,17-19H,5,7,9,11H2,1-4H3. The molecule has 2 atom stereocenters. The third kappa shape index (κ3) is 5.32. The highest BCUT2D eigenvalue weighted by atomic mass is 16.5. The zero-order valence-electron chi connectivity index (χ0n) is 12.3. The largest absolute Gasteiger partial charge is 0.396 e. The summed E-state index contributed by atoms with van der Waals surface area (Å²) in [5.41, 5.74) is -1.07. The lowest BCUT2D eigenvalue weighted by Gasteiger charge is -2.35. The van der Waals surface area contributed by atoms with Crippen LogP contribution in [0, 0.1) is 29.1 Å². The number of aliphatic hydroxyl groups is 3. The number of carbonyl (C=O) groups excluding carboxylic acids is 1. The Kier molecular flexibility index (Phi) is 7.28. The van der Waals surface area contributed by atoms with Gasteiger partial charge in [0.25, 0.3) is 0 Å². The lowest BCUT2D eigenvalue weighted by atomic mass is 9.78. The Labute approximate surface area is 115 Å². The first-order valence-corrected chi connectivity index (χ1v) is 6.73. The second-order valence-corrected chi connectivity index (χ2v) is 5.70. The molecule has 0 aromatic heterocycles. The van der Waals surface area contributed by atoms with Gasteiger partial charge in [0.1, 0.15) is 0 Å². The summed E-state index contributed by atoms with van der Waals surface area (Å²) in [5.74, 6) is 3.21. The van der Waals surface area contributed by atoms with Crippen molar-refractivity contribution < 1.29 is 20.1 Å². The third-order valence-corrected chi connectivity index (χ3v) is 3.96. The van der Waals surface area contributed by atoms with E-state index in [0.717, 1.165) is 6.42 Å². The molecule has 0 rings (SSSR count). The van der Waals surface area contributed by atoms with Crippen molar-refractivity contribution in [2.24, 2.45) is 17.3 Å². The third-order valence-electron chi connectivity index (χ3n) is 3.96. The fraction of sp³-hybridized carbons (Fsp3) is 0.800. The molecule has 0 aliphatic rings. The molecule has 0 spiro atoms. The van der Waals surface area contributed by atoms with Crippen LogP contribution in [0.15, 0.2) is 0 Å². The number of aldehydes is 1. The predicted molar refractivity (Wildman–Crippen MR) is 74.1 cm³/mol. The Bertz CT molecular complexity index is 332. The van der Waals surface area contributed by atoms with Gasteiger partial charge in [-0.1, -0.05) is 26.2 Å². The summed E-state index contributed by atoms with van der Waals surface area (Å²) in [7, 11) is 0. The maximum absolute atomic E-state index is 10.2. The van der Waals surface area contributed by atoms with Gasteiger partial charge in [-0.3, -0.25) is 4.79 Å². The Hall–Kier alpha value is -0.890. The maximum Gasteiger partial charge on any atom is 0.192 e. The van der Waals surface area contributed by atoms with Crippen LogP contribution in [0.4, 0.5) is 0 Å². The van der Waals surface area contributed by atoms with E-state index in [1.54, 1.807) is 13.8 Å². The number of hydrogen-bond donors (Lipinski definition) is 3. The molecule has 0 amide bonds. The molecule has 19 heavy (non-hydrogen) atoms. The summed E-state index contributed by atoms with van der Waals surface area (Å²) in [6.45, 7) is 7.29. The SMILES string of the molecule is CCC(CO)C(C)CCC(O)(O)C(C)(C)C#CC=O. The van der Waals surface area contributed by atoms with E-state index in [1.165, 1.54) is 0 Å². The van der Waals surface area contributed by atoms with Gasteiger partial charge in [-0.2, -0.15) is 0 Å². The predicted octanol–water partition coefficient (Wildman–Crippen LogP) is 1.33. The van der Waals surface area contributed by atoms with Crippen molar-refractivity contribution in [2.45, 2.75) is 52.7 Å². The topological polar surface area (TPSA) is 77.8 Å². The summed E-state index contributed by atoms with van der Waals surface area (Å²) in [4.78, 5) is 10.2. The fourth-order valence-electron chi connectivity index (χ4n) is 2.00. The molecule has 0 aromatic rings. The van der Waals surface area contributed by atoms with E-state index < -0.39 is 11.2 Å². The molecule has 0 heterocycles. The van der Waals surface area contributed by atoms with E-state index in [0.29, 0.717) is 12.7 Å². The summed E-state index contributed by atoms with van der Waals surface area (Å²) < 4.78 is 0. The highest BCUT2D eigenvalue weighted by molar-refractivity contribution is 5.72. The van der Waals surface area contributed by atoms with Crippen molar-refractivity contribution in [3.8, 4) is 11.8 Å². The van der Waals surface area contributed by atoms with Crippen LogP contribution in [-0.4, -0.2) is 34.0 Å². The van der Waals surface area contributed by atoms with E-state index in [2.05, 4.69) is 11.8 Å². The monoisotopic (exact) mass is 270 g/mol. The average Bonchev–Trinajstić information content (AvgIpc) is 2.35. The molecule has 0 bridgehead atoms. The minimum atomic E-state index is -1.95. The van der Waals surface area contributed by atoms with Gasteiger partial charge in [0.15, 0.2) is 12.1 Å². The molecular formula is C15H26O4. The van der Waals surface area contributed by atoms with Crippen LogP contribution in [-0.2, 0) is 4.79 Å². The van der Waals surface area contributed by atoms with E-state index >= 15 is 0 Å². The second kappa shape index (κ2) is 7.64. The van der Waals surface area contributed by atoms with Crippen LogP contribution in [0.2, 0.25) is 0 Å². The summed E-state index contributed by atoms with van der Waals surface area (Å²) in [6, 6.07) is 0. The molecule has 0 radical (unpaired) electrons. The molecule has 2 unspecified atom stereocenters. The van der Waals surface area contributed by atoms with Crippen molar-refractivity contribution in [1.82, 2.24) is 0 Å². The first kappa shape index (κ1) is 18.1. The number of rotatable bonds is 7. The van der Waals surface area contributed by atoms with Gasteiger partial charge >= 0.3 is 0 Å². The molecule has 0 aromatic carbocycles. The molecule has 0 aliphatic heterocycles. The van der Waals surface area contributed by atoms with Gasteiger partial charge in [-0.15, -0.1) is 0 Å². The van der Waals surface area contributed by atoms with E-state index in [9.17, 15) is 20.1 Å².